The van der Waals surface area contributed by atoms with Crippen LogP contribution in [0, 0.1) is 25.2 Å². The summed E-state index contributed by atoms with van der Waals surface area (Å²) in [5, 5.41) is 13.9. The Balaban J connectivity index is 1.54. The summed E-state index contributed by atoms with van der Waals surface area (Å²) >= 11 is 0. The molecule has 2 aromatic carbocycles. The number of H-pyrrole nitrogens is 1. The van der Waals surface area contributed by atoms with Gasteiger partial charge in [-0.05, 0) is 54.3 Å². The van der Waals surface area contributed by atoms with Crippen molar-refractivity contribution in [3.63, 3.8) is 0 Å². The molecular weight excluding hydrogens is 382 g/mol. The molecule has 0 spiro atoms. The Morgan fingerprint density at radius 3 is 2.60 bits per heavy atom. The molecule has 0 aliphatic rings. The number of esters is 1. The molecule has 30 heavy (non-hydrogen) atoms. The minimum Gasteiger partial charge on any atom is -0.456 e. The molecule has 2 N–H and O–H groups in total. The molecule has 7 heteroatoms. The zero-order chi connectivity index (χ0) is 21.7. The molecule has 0 aliphatic carbocycles. The Labute approximate surface area is 173 Å². The molecule has 1 aromatic heterocycles. The lowest BCUT2D eigenvalue weighted by Gasteiger charge is -2.11. The van der Waals surface area contributed by atoms with E-state index >= 15 is 0 Å². The van der Waals surface area contributed by atoms with Gasteiger partial charge in [0, 0.05) is 17.8 Å². The molecule has 0 atom stereocenters. The number of rotatable bonds is 6. The summed E-state index contributed by atoms with van der Waals surface area (Å²) in [5.74, 6) is -0.964. The molecular formula is C23H21N3O4. The van der Waals surface area contributed by atoms with Crippen molar-refractivity contribution in [3.05, 3.63) is 75.2 Å². The van der Waals surface area contributed by atoms with Crippen LogP contribution in [0.4, 0.5) is 5.69 Å². The molecule has 1 amide bonds. The Bertz CT molecular complexity index is 1220. The third-order valence-electron chi connectivity index (χ3n) is 4.90. The summed E-state index contributed by atoms with van der Waals surface area (Å²) < 4.78 is 5.06. The van der Waals surface area contributed by atoms with E-state index in [-0.39, 0.29) is 12.0 Å². The number of aryl methyl sites for hydroxylation is 1. The molecule has 0 saturated carbocycles. The highest BCUT2D eigenvalue weighted by molar-refractivity contribution is 5.95. The summed E-state index contributed by atoms with van der Waals surface area (Å²) in [4.78, 5) is 38.5. The highest BCUT2D eigenvalue weighted by Crippen LogP contribution is 2.19. The average molecular weight is 403 g/mol. The SMILES string of the molecule is Cc1[nH]c(=O)c(C#N)c(C)c1CCC(=O)OCC(=O)Nc1ccc2ccccc2c1. The predicted octanol–water partition coefficient (Wildman–Crippen LogP) is 3.13. The van der Waals surface area contributed by atoms with Crippen molar-refractivity contribution >= 4 is 28.3 Å². The van der Waals surface area contributed by atoms with E-state index in [1.165, 1.54) is 0 Å². The van der Waals surface area contributed by atoms with Crippen LogP contribution in [0.3, 0.4) is 0 Å². The van der Waals surface area contributed by atoms with Crippen molar-refractivity contribution < 1.29 is 14.3 Å². The van der Waals surface area contributed by atoms with Crippen LogP contribution in [0.1, 0.15) is 28.8 Å². The first kappa shape index (κ1) is 20.8. The standard InChI is InChI=1S/C23H21N3O4/c1-14-19(15(2)25-23(29)20(14)12-24)9-10-22(28)30-13-21(27)26-18-8-7-16-5-3-4-6-17(16)11-18/h3-8,11H,9-10,13H2,1-2H3,(H,25,29)(H,26,27). The summed E-state index contributed by atoms with van der Waals surface area (Å²) in [6.45, 7) is 3.00. The normalized spacial score (nSPS) is 10.4. The van der Waals surface area contributed by atoms with E-state index in [1.54, 1.807) is 19.9 Å². The van der Waals surface area contributed by atoms with Crippen LogP contribution >= 0.6 is 0 Å². The van der Waals surface area contributed by atoms with E-state index < -0.39 is 24.0 Å². The second-order valence-electron chi connectivity index (χ2n) is 6.94. The first-order valence-corrected chi connectivity index (χ1v) is 9.45. The largest absolute Gasteiger partial charge is 0.456 e. The van der Waals surface area contributed by atoms with Crippen molar-refractivity contribution in [2.45, 2.75) is 26.7 Å². The number of amides is 1. The van der Waals surface area contributed by atoms with E-state index in [0.717, 1.165) is 16.3 Å². The monoisotopic (exact) mass is 403 g/mol. The smallest absolute Gasteiger partial charge is 0.306 e. The maximum absolute atomic E-state index is 12.1. The van der Waals surface area contributed by atoms with Crippen molar-refractivity contribution in [3.8, 4) is 6.07 Å². The molecule has 3 rings (SSSR count). The Kier molecular flexibility index (Phi) is 6.28. The number of ether oxygens (including phenoxy) is 1. The lowest BCUT2D eigenvalue weighted by molar-refractivity contribution is -0.147. The van der Waals surface area contributed by atoms with Gasteiger partial charge < -0.3 is 15.0 Å². The van der Waals surface area contributed by atoms with E-state index in [2.05, 4.69) is 10.3 Å². The summed E-state index contributed by atoms with van der Waals surface area (Å²) in [6, 6.07) is 15.2. The van der Waals surface area contributed by atoms with Crippen LogP contribution in [0.5, 0.6) is 0 Å². The number of nitriles is 1. The number of fused-ring (bicyclic) bond motifs is 1. The maximum Gasteiger partial charge on any atom is 0.306 e. The van der Waals surface area contributed by atoms with Crippen molar-refractivity contribution in [1.82, 2.24) is 4.98 Å². The summed E-state index contributed by atoms with van der Waals surface area (Å²) in [7, 11) is 0. The van der Waals surface area contributed by atoms with Gasteiger partial charge in [-0.3, -0.25) is 14.4 Å². The number of aromatic amines is 1. The van der Waals surface area contributed by atoms with Crippen LogP contribution in [0.25, 0.3) is 10.8 Å². The van der Waals surface area contributed by atoms with Gasteiger partial charge in [-0.1, -0.05) is 30.3 Å². The molecule has 0 fully saturated rings. The lowest BCUT2D eigenvalue weighted by Crippen LogP contribution is -2.21. The zero-order valence-electron chi connectivity index (χ0n) is 16.7. The third kappa shape index (κ3) is 4.73. The fourth-order valence-electron chi connectivity index (χ4n) is 3.33. The van der Waals surface area contributed by atoms with Gasteiger partial charge in [0.2, 0.25) is 0 Å². The molecule has 7 nitrogen and oxygen atoms in total. The molecule has 0 bridgehead atoms. The molecule has 3 aromatic rings. The van der Waals surface area contributed by atoms with Gasteiger partial charge >= 0.3 is 5.97 Å². The minimum atomic E-state index is -0.535. The number of carbonyl (C=O) groups is 2. The number of aromatic nitrogens is 1. The van der Waals surface area contributed by atoms with Crippen LogP contribution in [-0.2, 0) is 20.7 Å². The zero-order valence-corrected chi connectivity index (χ0v) is 16.7. The van der Waals surface area contributed by atoms with Crippen molar-refractivity contribution in [2.24, 2.45) is 0 Å². The summed E-state index contributed by atoms with van der Waals surface area (Å²) in [6.07, 6.45) is 0.329. The van der Waals surface area contributed by atoms with Crippen LogP contribution in [-0.4, -0.2) is 23.5 Å². The number of nitrogens with zero attached hydrogens (tertiary/aromatic N) is 1. The molecule has 0 unspecified atom stereocenters. The second kappa shape index (κ2) is 9.05. The van der Waals surface area contributed by atoms with E-state index in [0.29, 0.717) is 23.4 Å². The van der Waals surface area contributed by atoms with Gasteiger partial charge in [0.1, 0.15) is 11.6 Å². The summed E-state index contributed by atoms with van der Waals surface area (Å²) in [5.41, 5.74) is 2.11. The van der Waals surface area contributed by atoms with Crippen molar-refractivity contribution in [2.75, 3.05) is 11.9 Å². The van der Waals surface area contributed by atoms with E-state index in [4.69, 9.17) is 10.00 Å². The van der Waals surface area contributed by atoms with E-state index in [9.17, 15) is 14.4 Å². The second-order valence-corrected chi connectivity index (χ2v) is 6.94. The number of hydrogen-bond acceptors (Lipinski definition) is 5. The average Bonchev–Trinajstić information content (AvgIpc) is 2.72. The van der Waals surface area contributed by atoms with Gasteiger partial charge in [-0.2, -0.15) is 5.26 Å². The molecule has 152 valence electrons. The Morgan fingerprint density at radius 1 is 1.13 bits per heavy atom. The quantitative estimate of drug-likeness (QED) is 0.614. The Morgan fingerprint density at radius 2 is 1.87 bits per heavy atom. The number of nitrogens with one attached hydrogen (secondary N) is 2. The predicted molar refractivity (Wildman–Crippen MR) is 113 cm³/mol. The van der Waals surface area contributed by atoms with Crippen LogP contribution in [0.2, 0.25) is 0 Å². The lowest BCUT2D eigenvalue weighted by atomic mass is 9.99. The fraction of sp³-hybridized carbons (Fsp3) is 0.217. The highest BCUT2D eigenvalue weighted by Gasteiger charge is 2.14. The van der Waals surface area contributed by atoms with Gasteiger partial charge in [0.05, 0.1) is 0 Å². The Hall–Kier alpha value is -3.92. The van der Waals surface area contributed by atoms with Crippen LogP contribution in [0.15, 0.2) is 47.3 Å². The van der Waals surface area contributed by atoms with Crippen LogP contribution < -0.4 is 10.9 Å². The number of hydrogen-bond donors (Lipinski definition) is 2. The minimum absolute atomic E-state index is 0.0296. The number of pyridine rings is 1. The first-order chi connectivity index (χ1) is 14.4. The van der Waals surface area contributed by atoms with Crippen molar-refractivity contribution in [1.29, 1.82) is 5.26 Å². The molecule has 1 heterocycles. The number of benzene rings is 2. The number of anilines is 1. The van der Waals surface area contributed by atoms with Gasteiger partial charge in [0.15, 0.2) is 6.61 Å². The van der Waals surface area contributed by atoms with Gasteiger partial charge in [0.25, 0.3) is 11.5 Å². The highest BCUT2D eigenvalue weighted by atomic mass is 16.5. The van der Waals surface area contributed by atoms with Gasteiger partial charge in [-0.25, -0.2) is 0 Å². The molecule has 0 radical (unpaired) electrons. The first-order valence-electron chi connectivity index (χ1n) is 9.45. The van der Waals surface area contributed by atoms with E-state index in [1.807, 2.05) is 42.5 Å². The molecule has 0 aliphatic heterocycles. The number of carbonyl (C=O) groups excluding carboxylic acids is 2. The topological polar surface area (TPSA) is 112 Å². The van der Waals surface area contributed by atoms with Gasteiger partial charge in [-0.15, -0.1) is 0 Å². The third-order valence-corrected chi connectivity index (χ3v) is 4.90. The maximum atomic E-state index is 12.1. The fourth-order valence-corrected chi connectivity index (χ4v) is 3.33. The molecule has 0 saturated heterocycles.